The molecule has 12 heteroatoms. The van der Waals surface area contributed by atoms with Crippen molar-refractivity contribution in [1.29, 1.82) is 0 Å². The average Bonchev–Trinajstić information content (AvgIpc) is 3.19. The van der Waals surface area contributed by atoms with E-state index < -0.39 is 32.4 Å². The van der Waals surface area contributed by atoms with E-state index in [2.05, 4.69) is 9.82 Å². The summed E-state index contributed by atoms with van der Waals surface area (Å²) in [5.41, 5.74) is 1.77. The SMILES string of the molecule is O=S(=O)(NCC1=NN(c2ccc(Cl)cc2Cl)C(c2ccc(Cl)cc2)C1)c1cc(F)c(F)cc1F. The molecule has 0 saturated carbocycles. The van der Waals surface area contributed by atoms with Gasteiger partial charge in [0.15, 0.2) is 11.6 Å². The molecule has 0 saturated heterocycles. The molecule has 0 bridgehead atoms. The monoisotopic (exact) mass is 547 g/mol. The van der Waals surface area contributed by atoms with Crippen molar-refractivity contribution >= 4 is 56.2 Å². The van der Waals surface area contributed by atoms with E-state index in [1.54, 1.807) is 35.3 Å². The van der Waals surface area contributed by atoms with E-state index in [0.717, 1.165) is 5.56 Å². The molecule has 0 aliphatic carbocycles. The minimum absolute atomic E-state index is 0.178. The van der Waals surface area contributed by atoms with Crippen molar-refractivity contribution in [1.82, 2.24) is 4.72 Å². The highest BCUT2D eigenvalue weighted by Gasteiger charge is 2.31. The van der Waals surface area contributed by atoms with Gasteiger partial charge in [-0.15, -0.1) is 0 Å². The predicted octanol–water partition coefficient (Wildman–Crippen LogP) is 6.35. The summed E-state index contributed by atoms with van der Waals surface area (Å²) in [6.07, 6.45) is 0.295. The Morgan fingerprint density at radius 2 is 1.56 bits per heavy atom. The van der Waals surface area contributed by atoms with Gasteiger partial charge < -0.3 is 0 Å². The number of rotatable bonds is 6. The summed E-state index contributed by atoms with van der Waals surface area (Å²) in [5.74, 6) is -4.38. The number of halogens is 6. The summed E-state index contributed by atoms with van der Waals surface area (Å²) in [6.45, 7) is -0.299. The topological polar surface area (TPSA) is 61.8 Å². The largest absolute Gasteiger partial charge is 0.256 e. The first kappa shape index (κ1) is 24.8. The zero-order chi connectivity index (χ0) is 24.6. The molecule has 0 radical (unpaired) electrons. The van der Waals surface area contributed by atoms with Crippen LogP contribution >= 0.6 is 34.8 Å². The number of sulfonamides is 1. The van der Waals surface area contributed by atoms with Gasteiger partial charge in [-0.25, -0.2) is 26.3 Å². The molecule has 0 amide bonds. The second-order valence-corrected chi connectivity index (χ2v) is 10.4. The van der Waals surface area contributed by atoms with Gasteiger partial charge in [0.25, 0.3) is 0 Å². The highest BCUT2D eigenvalue weighted by molar-refractivity contribution is 7.89. The maximum Gasteiger partial charge on any atom is 0.243 e. The number of nitrogens with one attached hydrogen (secondary N) is 1. The van der Waals surface area contributed by atoms with Gasteiger partial charge in [0.05, 0.1) is 29.0 Å². The minimum Gasteiger partial charge on any atom is -0.256 e. The third-order valence-electron chi connectivity index (χ3n) is 5.12. The van der Waals surface area contributed by atoms with Crippen LogP contribution in [0.25, 0.3) is 0 Å². The fourth-order valence-electron chi connectivity index (χ4n) is 3.48. The molecule has 0 aromatic heterocycles. The second-order valence-electron chi connectivity index (χ2n) is 7.40. The first-order valence-corrected chi connectivity index (χ1v) is 12.4. The fraction of sp³-hybridized carbons (Fsp3) is 0.136. The number of benzene rings is 3. The van der Waals surface area contributed by atoms with Crippen LogP contribution < -0.4 is 9.73 Å². The summed E-state index contributed by atoms with van der Waals surface area (Å²) in [5, 5.41) is 7.45. The van der Waals surface area contributed by atoms with Gasteiger partial charge in [-0.2, -0.15) is 5.10 Å². The van der Waals surface area contributed by atoms with Gasteiger partial charge in [0.1, 0.15) is 10.7 Å². The van der Waals surface area contributed by atoms with Gasteiger partial charge in [0.2, 0.25) is 10.0 Å². The zero-order valence-corrected chi connectivity index (χ0v) is 20.2. The summed E-state index contributed by atoms with van der Waals surface area (Å²) < 4.78 is 68.0. The summed E-state index contributed by atoms with van der Waals surface area (Å²) in [7, 11) is -4.49. The molecule has 1 atom stereocenters. The summed E-state index contributed by atoms with van der Waals surface area (Å²) in [6, 6.07) is 12.0. The lowest BCUT2D eigenvalue weighted by Crippen LogP contribution is -2.30. The molecule has 4 rings (SSSR count). The Bertz CT molecular complexity index is 1390. The van der Waals surface area contributed by atoms with E-state index in [1.165, 1.54) is 0 Å². The van der Waals surface area contributed by atoms with E-state index in [1.807, 2.05) is 12.1 Å². The molecule has 1 heterocycles. The Labute approximate surface area is 208 Å². The van der Waals surface area contributed by atoms with E-state index >= 15 is 0 Å². The normalized spacial score (nSPS) is 16.1. The number of anilines is 1. The molecule has 1 unspecified atom stereocenters. The van der Waals surface area contributed by atoms with Crippen LogP contribution in [0.15, 0.2) is 64.6 Å². The third kappa shape index (κ3) is 5.18. The van der Waals surface area contributed by atoms with Crippen molar-refractivity contribution in [3.05, 3.63) is 92.7 Å². The van der Waals surface area contributed by atoms with Crippen LogP contribution in [0, 0.1) is 17.5 Å². The standard InChI is InChI=1S/C22H15Cl3F3N3O2S/c23-13-3-1-12(2-4-13)21-8-15(30-31(21)20-6-5-14(24)7-16(20)25)11-29-34(32,33)22-10-18(27)17(26)9-19(22)28/h1-7,9-10,21,29H,8,11H2. The van der Waals surface area contributed by atoms with Crippen LogP contribution in [-0.2, 0) is 10.0 Å². The van der Waals surface area contributed by atoms with Crippen LogP contribution in [0.1, 0.15) is 18.0 Å². The first-order valence-electron chi connectivity index (χ1n) is 9.75. The Morgan fingerprint density at radius 3 is 2.24 bits per heavy atom. The Kier molecular flexibility index (Phi) is 7.12. The maximum absolute atomic E-state index is 14.0. The van der Waals surface area contributed by atoms with E-state index in [0.29, 0.717) is 39.0 Å². The van der Waals surface area contributed by atoms with Crippen molar-refractivity contribution in [3.8, 4) is 0 Å². The Balaban J connectivity index is 1.63. The molecule has 1 N–H and O–H groups in total. The average molecular weight is 549 g/mol. The summed E-state index contributed by atoms with van der Waals surface area (Å²) >= 11 is 18.4. The lowest BCUT2D eigenvalue weighted by molar-refractivity contribution is 0.481. The predicted molar refractivity (Wildman–Crippen MR) is 127 cm³/mol. The fourth-order valence-corrected chi connectivity index (χ4v) is 5.19. The number of hydrogen-bond acceptors (Lipinski definition) is 4. The highest BCUT2D eigenvalue weighted by Crippen LogP contribution is 2.39. The molecule has 3 aromatic rings. The molecule has 3 aromatic carbocycles. The molecule has 0 spiro atoms. The molecular formula is C22H15Cl3F3N3O2S. The molecule has 5 nitrogen and oxygen atoms in total. The van der Waals surface area contributed by atoms with Crippen molar-refractivity contribution in [3.63, 3.8) is 0 Å². The van der Waals surface area contributed by atoms with Crippen molar-refractivity contribution in [2.24, 2.45) is 5.10 Å². The number of nitrogens with zero attached hydrogens (tertiary/aromatic N) is 2. The van der Waals surface area contributed by atoms with Gasteiger partial charge in [-0.1, -0.05) is 46.9 Å². The van der Waals surface area contributed by atoms with Gasteiger partial charge in [0, 0.05) is 22.5 Å². The van der Waals surface area contributed by atoms with Gasteiger partial charge in [-0.3, -0.25) is 5.01 Å². The minimum atomic E-state index is -4.49. The van der Waals surface area contributed by atoms with Crippen LogP contribution in [0.5, 0.6) is 0 Å². The van der Waals surface area contributed by atoms with Crippen LogP contribution in [0.2, 0.25) is 15.1 Å². The maximum atomic E-state index is 14.0. The molecule has 1 aliphatic rings. The third-order valence-corrected chi connectivity index (χ3v) is 7.32. The van der Waals surface area contributed by atoms with Crippen molar-refractivity contribution < 1.29 is 21.6 Å². The Morgan fingerprint density at radius 1 is 0.912 bits per heavy atom. The molecular weight excluding hydrogens is 534 g/mol. The molecule has 34 heavy (non-hydrogen) atoms. The van der Waals surface area contributed by atoms with E-state index in [9.17, 15) is 21.6 Å². The van der Waals surface area contributed by atoms with E-state index in [4.69, 9.17) is 34.8 Å². The molecule has 178 valence electrons. The van der Waals surface area contributed by atoms with Crippen LogP contribution in [0.4, 0.5) is 18.9 Å². The van der Waals surface area contributed by atoms with E-state index in [-0.39, 0.29) is 18.7 Å². The van der Waals surface area contributed by atoms with Crippen molar-refractivity contribution in [2.75, 3.05) is 11.6 Å². The van der Waals surface area contributed by atoms with Crippen LogP contribution in [0.3, 0.4) is 0 Å². The molecule has 0 fully saturated rings. The Hall–Kier alpha value is -2.30. The number of hydrazone groups is 1. The molecule has 1 aliphatic heterocycles. The number of hydrogen-bond donors (Lipinski definition) is 1. The van der Waals surface area contributed by atoms with Crippen LogP contribution in [-0.4, -0.2) is 20.7 Å². The lowest BCUT2D eigenvalue weighted by Gasteiger charge is -2.25. The lowest BCUT2D eigenvalue weighted by atomic mass is 10.0. The second kappa shape index (κ2) is 9.75. The van der Waals surface area contributed by atoms with Gasteiger partial charge >= 0.3 is 0 Å². The quantitative estimate of drug-likeness (QED) is 0.365. The van der Waals surface area contributed by atoms with Crippen molar-refractivity contribution in [2.45, 2.75) is 17.4 Å². The zero-order valence-electron chi connectivity index (χ0n) is 17.1. The smallest absolute Gasteiger partial charge is 0.243 e. The van der Waals surface area contributed by atoms with Gasteiger partial charge in [-0.05, 0) is 42.0 Å². The highest BCUT2D eigenvalue weighted by atomic mass is 35.5. The summed E-state index contributed by atoms with van der Waals surface area (Å²) in [4.78, 5) is -1.00. The first-order chi connectivity index (χ1) is 16.0.